The summed E-state index contributed by atoms with van der Waals surface area (Å²) in [5.74, 6) is 0.933. The third-order valence-corrected chi connectivity index (χ3v) is 3.99. The Morgan fingerprint density at radius 1 is 1.31 bits per heavy atom. The van der Waals surface area contributed by atoms with Crippen molar-refractivity contribution in [2.24, 2.45) is 5.92 Å². The van der Waals surface area contributed by atoms with Gasteiger partial charge in [0.25, 0.3) is 0 Å². The average molecular weight is 282 g/mol. The second-order valence-corrected chi connectivity index (χ2v) is 5.71. The van der Waals surface area contributed by atoms with E-state index >= 15 is 0 Å². The first kappa shape index (κ1) is 12.1. The molecule has 2 heteroatoms. The smallest absolute Gasteiger partial charge is 0.0294 e. The summed E-state index contributed by atoms with van der Waals surface area (Å²) in [4.78, 5) is 0. The molecule has 88 valence electrons. The maximum Gasteiger partial charge on any atom is 0.0294 e. The van der Waals surface area contributed by atoms with Crippen LogP contribution in [-0.2, 0) is 0 Å². The second-order valence-electron chi connectivity index (χ2n) is 4.79. The molecule has 0 heterocycles. The van der Waals surface area contributed by atoms with Crippen LogP contribution in [0.4, 0.5) is 0 Å². The summed E-state index contributed by atoms with van der Waals surface area (Å²) < 4.78 is 1.15. The largest absolute Gasteiger partial charge is 0.307 e. The summed E-state index contributed by atoms with van der Waals surface area (Å²) in [7, 11) is 0. The van der Waals surface area contributed by atoms with Gasteiger partial charge >= 0.3 is 0 Å². The lowest BCUT2D eigenvalue weighted by molar-refractivity contribution is 0.405. The number of hydrogen-bond acceptors (Lipinski definition) is 1. The molecule has 1 aliphatic rings. The maximum atomic E-state index is 3.75. The predicted octanol–water partition coefficient (Wildman–Crippen LogP) is 4.29. The van der Waals surface area contributed by atoms with Gasteiger partial charge in [0.15, 0.2) is 0 Å². The molecule has 2 rings (SSSR count). The molecular formula is C14H20BrN. The minimum atomic E-state index is 0.457. The quantitative estimate of drug-likeness (QED) is 0.849. The van der Waals surface area contributed by atoms with E-state index in [4.69, 9.17) is 0 Å². The van der Waals surface area contributed by atoms with Crippen molar-refractivity contribution in [3.05, 3.63) is 34.3 Å². The molecular weight excluding hydrogens is 262 g/mol. The fourth-order valence-corrected chi connectivity index (χ4v) is 2.52. The van der Waals surface area contributed by atoms with Gasteiger partial charge in [0.05, 0.1) is 0 Å². The molecule has 0 aliphatic heterocycles. The van der Waals surface area contributed by atoms with Gasteiger partial charge in [-0.15, -0.1) is 0 Å². The van der Waals surface area contributed by atoms with Crippen molar-refractivity contribution >= 4 is 15.9 Å². The zero-order valence-corrected chi connectivity index (χ0v) is 11.6. The van der Waals surface area contributed by atoms with Crippen LogP contribution in [0.5, 0.6) is 0 Å². The molecule has 1 aromatic carbocycles. The maximum absolute atomic E-state index is 3.75. The number of halogens is 1. The van der Waals surface area contributed by atoms with Crippen LogP contribution in [0.15, 0.2) is 28.7 Å². The van der Waals surface area contributed by atoms with Crippen LogP contribution >= 0.6 is 15.9 Å². The summed E-state index contributed by atoms with van der Waals surface area (Å²) in [5, 5.41) is 3.75. The summed E-state index contributed by atoms with van der Waals surface area (Å²) in [6.07, 6.45) is 4.07. The van der Waals surface area contributed by atoms with Crippen LogP contribution in [0.1, 0.15) is 44.7 Å². The summed E-state index contributed by atoms with van der Waals surface area (Å²) >= 11 is 3.47. The van der Waals surface area contributed by atoms with E-state index < -0.39 is 0 Å². The molecule has 1 N–H and O–H groups in total. The topological polar surface area (TPSA) is 12.0 Å². The Morgan fingerprint density at radius 2 is 1.94 bits per heavy atom. The summed E-state index contributed by atoms with van der Waals surface area (Å²) in [6, 6.07) is 9.79. The zero-order chi connectivity index (χ0) is 11.5. The van der Waals surface area contributed by atoms with Crippen molar-refractivity contribution in [1.82, 2.24) is 5.32 Å². The van der Waals surface area contributed by atoms with Crippen LogP contribution in [0.2, 0.25) is 0 Å². The molecule has 0 amide bonds. The van der Waals surface area contributed by atoms with Gasteiger partial charge in [-0.2, -0.15) is 0 Å². The molecule has 0 spiro atoms. The Balaban J connectivity index is 1.95. The highest BCUT2D eigenvalue weighted by Crippen LogP contribution is 2.35. The molecule has 0 saturated heterocycles. The zero-order valence-electron chi connectivity index (χ0n) is 10.0. The minimum Gasteiger partial charge on any atom is -0.307 e. The first-order valence-electron chi connectivity index (χ1n) is 6.22. The van der Waals surface area contributed by atoms with Gasteiger partial charge in [0.2, 0.25) is 0 Å². The monoisotopic (exact) mass is 281 g/mol. The first-order chi connectivity index (χ1) is 7.70. The molecule has 1 fully saturated rings. The van der Waals surface area contributed by atoms with Crippen LogP contribution in [0.25, 0.3) is 0 Å². The van der Waals surface area contributed by atoms with Gasteiger partial charge in [-0.05, 0) is 49.8 Å². The van der Waals surface area contributed by atoms with Gasteiger partial charge in [-0.1, -0.05) is 35.0 Å². The fourth-order valence-electron chi connectivity index (χ4n) is 2.25. The lowest BCUT2D eigenvalue weighted by Gasteiger charge is -2.22. The van der Waals surface area contributed by atoms with Gasteiger partial charge in [0.1, 0.15) is 0 Å². The van der Waals surface area contributed by atoms with E-state index in [2.05, 4.69) is 59.4 Å². The highest BCUT2D eigenvalue weighted by Gasteiger charge is 2.30. The Labute approximate surface area is 107 Å². The molecule has 2 atom stereocenters. The Hall–Kier alpha value is -0.340. The van der Waals surface area contributed by atoms with Gasteiger partial charge in [0, 0.05) is 16.6 Å². The van der Waals surface area contributed by atoms with Crippen molar-refractivity contribution in [3.63, 3.8) is 0 Å². The molecule has 1 saturated carbocycles. The van der Waals surface area contributed by atoms with Crippen molar-refractivity contribution in [2.45, 2.75) is 45.2 Å². The number of hydrogen-bond donors (Lipinski definition) is 1. The Morgan fingerprint density at radius 3 is 2.44 bits per heavy atom. The first-order valence-corrected chi connectivity index (χ1v) is 7.01. The number of nitrogens with one attached hydrogen (secondary N) is 1. The normalized spacial score (nSPS) is 19.4. The highest BCUT2D eigenvalue weighted by molar-refractivity contribution is 9.10. The van der Waals surface area contributed by atoms with E-state index in [1.165, 1.54) is 24.8 Å². The van der Waals surface area contributed by atoms with E-state index in [9.17, 15) is 0 Å². The minimum absolute atomic E-state index is 0.457. The van der Waals surface area contributed by atoms with Crippen LogP contribution in [0, 0.1) is 5.92 Å². The summed E-state index contributed by atoms with van der Waals surface area (Å²) in [5.41, 5.74) is 1.38. The van der Waals surface area contributed by atoms with E-state index in [0.29, 0.717) is 12.1 Å². The molecule has 0 radical (unpaired) electrons. The molecule has 0 aromatic heterocycles. The van der Waals surface area contributed by atoms with Crippen molar-refractivity contribution < 1.29 is 0 Å². The fraction of sp³-hybridized carbons (Fsp3) is 0.571. The van der Waals surface area contributed by atoms with Crippen molar-refractivity contribution in [1.29, 1.82) is 0 Å². The number of rotatable bonds is 5. The third kappa shape index (κ3) is 3.08. The molecule has 1 aliphatic carbocycles. The van der Waals surface area contributed by atoms with Gasteiger partial charge < -0.3 is 5.32 Å². The second kappa shape index (κ2) is 5.33. The van der Waals surface area contributed by atoms with E-state index in [1.807, 2.05) is 0 Å². The standard InChI is InChI=1S/C14H20BrN/c1-3-14(12-4-5-12)16-10(2)11-6-8-13(15)9-7-11/h6-10,12,14,16H,3-5H2,1-2H3/t10-,14?/m0/s1. The average Bonchev–Trinajstić information content (AvgIpc) is 3.10. The van der Waals surface area contributed by atoms with E-state index in [-0.39, 0.29) is 0 Å². The van der Waals surface area contributed by atoms with Crippen LogP contribution in [-0.4, -0.2) is 6.04 Å². The lowest BCUT2D eigenvalue weighted by atomic mass is 10.0. The van der Waals surface area contributed by atoms with Crippen LogP contribution < -0.4 is 5.32 Å². The molecule has 1 unspecified atom stereocenters. The van der Waals surface area contributed by atoms with E-state index in [1.54, 1.807) is 0 Å². The van der Waals surface area contributed by atoms with E-state index in [0.717, 1.165) is 10.4 Å². The summed E-state index contributed by atoms with van der Waals surface area (Å²) in [6.45, 7) is 4.54. The Kier molecular flexibility index (Phi) is 4.04. The van der Waals surface area contributed by atoms with Crippen molar-refractivity contribution in [2.75, 3.05) is 0 Å². The molecule has 1 aromatic rings. The van der Waals surface area contributed by atoms with Crippen LogP contribution in [0.3, 0.4) is 0 Å². The highest BCUT2D eigenvalue weighted by atomic mass is 79.9. The molecule has 1 nitrogen and oxygen atoms in total. The van der Waals surface area contributed by atoms with Gasteiger partial charge in [-0.3, -0.25) is 0 Å². The third-order valence-electron chi connectivity index (χ3n) is 3.46. The van der Waals surface area contributed by atoms with Crippen molar-refractivity contribution in [3.8, 4) is 0 Å². The SMILES string of the molecule is CCC(N[C@@H](C)c1ccc(Br)cc1)C1CC1. The number of benzene rings is 1. The lowest BCUT2D eigenvalue weighted by Crippen LogP contribution is -2.32. The predicted molar refractivity (Wildman–Crippen MR) is 72.5 cm³/mol. The van der Waals surface area contributed by atoms with Gasteiger partial charge in [-0.25, -0.2) is 0 Å². The molecule has 16 heavy (non-hydrogen) atoms. The molecule has 0 bridgehead atoms. The Bertz CT molecular complexity index is 329.